The lowest BCUT2D eigenvalue weighted by molar-refractivity contribution is 0.451. The number of hydrogen-bond acceptors (Lipinski definition) is 3. The summed E-state index contributed by atoms with van der Waals surface area (Å²) in [5.41, 5.74) is 1.51. The summed E-state index contributed by atoms with van der Waals surface area (Å²) in [5, 5.41) is 22.7. The van der Waals surface area contributed by atoms with Crippen LogP contribution in [0.2, 0.25) is 0 Å². The molecule has 0 aromatic heterocycles. The van der Waals surface area contributed by atoms with E-state index in [1.165, 1.54) is 12.1 Å². The molecule has 0 aliphatic carbocycles. The highest BCUT2D eigenvalue weighted by molar-refractivity contribution is 9.11. The summed E-state index contributed by atoms with van der Waals surface area (Å²) in [6, 6.07) is 8.18. The SMILES string of the molecule is CC(Nc1c(Br)cc(Br)cc1Br)c1cc(O)ccc1O. The Balaban J connectivity index is 2.32. The van der Waals surface area contributed by atoms with Crippen molar-refractivity contribution in [1.82, 2.24) is 0 Å². The number of phenols is 2. The maximum absolute atomic E-state index is 9.88. The molecule has 0 fully saturated rings. The standard InChI is InChI=1S/C14H12Br3NO2/c1-7(10-6-9(19)2-3-13(10)20)18-14-11(16)4-8(15)5-12(14)17/h2-7,18-20H,1H3. The van der Waals surface area contributed by atoms with E-state index in [0.29, 0.717) is 5.56 Å². The number of halogens is 3. The largest absolute Gasteiger partial charge is 0.508 e. The van der Waals surface area contributed by atoms with Gasteiger partial charge in [0.2, 0.25) is 0 Å². The van der Waals surface area contributed by atoms with Gasteiger partial charge in [-0.3, -0.25) is 0 Å². The molecule has 2 aromatic carbocycles. The van der Waals surface area contributed by atoms with Crippen molar-refractivity contribution in [1.29, 1.82) is 0 Å². The Labute approximate surface area is 142 Å². The molecule has 2 rings (SSSR count). The molecule has 3 N–H and O–H groups in total. The Morgan fingerprint density at radius 1 is 1.00 bits per heavy atom. The van der Waals surface area contributed by atoms with E-state index >= 15 is 0 Å². The highest BCUT2D eigenvalue weighted by Crippen LogP contribution is 2.38. The van der Waals surface area contributed by atoms with Gasteiger partial charge < -0.3 is 15.5 Å². The van der Waals surface area contributed by atoms with Crippen LogP contribution in [-0.4, -0.2) is 10.2 Å². The van der Waals surface area contributed by atoms with Crippen molar-refractivity contribution in [2.45, 2.75) is 13.0 Å². The summed E-state index contributed by atoms with van der Waals surface area (Å²) in [7, 11) is 0. The van der Waals surface area contributed by atoms with Crippen molar-refractivity contribution in [3.8, 4) is 11.5 Å². The molecule has 3 nitrogen and oxygen atoms in total. The minimum absolute atomic E-state index is 0.125. The van der Waals surface area contributed by atoms with Gasteiger partial charge in [-0.25, -0.2) is 0 Å². The zero-order valence-corrected chi connectivity index (χ0v) is 15.3. The van der Waals surface area contributed by atoms with Gasteiger partial charge >= 0.3 is 0 Å². The molecular weight excluding hydrogens is 454 g/mol. The molecular formula is C14H12Br3NO2. The van der Waals surface area contributed by atoms with Crippen molar-refractivity contribution in [3.63, 3.8) is 0 Å². The van der Waals surface area contributed by atoms with E-state index in [1.54, 1.807) is 6.07 Å². The zero-order chi connectivity index (χ0) is 14.9. The first-order valence-corrected chi connectivity index (χ1v) is 8.19. The first-order chi connectivity index (χ1) is 9.38. The molecule has 1 unspecified atom stereocenters. The second-order valence-electron chi connectivity index (χ2n) is 4.35. The Bertz CT molecular complexity index is 623. The van der Waals surface area contributed by atoms with E-state index < -0.39 is 0 Å². The van der Waals surface area contributed by atoms with Gasteiger partial charge in [-0.2, -0.15) is 0 Å². The average Bonchev–Trinajstić information content (AvgIpc) is 2.36. The first-order valence-electron chi connectivity index (χ1n) is 5.81. The molecule has 106 valence electrons. The fraction of sp³-hybridized carbons (Fsp3) is 0.143. The Kier molecular flexibility index (Phi) is 4.99. The lowest BCUT2D eigenvalue weighted by Gasteiger charge is -2.19. The summed E-state index contributed by atoms with van der Waals surface area (Å²) in [6.07, 6.45) is 0. The van der Waals surface area contributed by atoms with Gasteiger partial charge in [0, 0.05) is 19.0 Å². The molecule has 0 amide bonds. The van der Waals surface area contributed by atoms with E-state index in [1.807, 2.05) is 19.1 Å². The van der Waals surface area contributed by atoms with Gasteiger partial charge in [-0.1, -0.05) is 15.9 Å². The predicted molar refractivity (Wildman–Crippen MR) is 91.4 cm³/mol. The number of nitrogens with one attached hydrogen (secondary N) is 1. The third-order valence-electron chi connectivity index (χ3n) is 2.85. The monoisotopic (exact) mass is 463 g/mol. The highest BCUT2D eigenvalue weighted by Gasteiger charge is 2.14. The van der Waals surface area contributed by atoms with E-state index in [9.17, 15) is 10.2 Å². The number of aromatic hydroxyl groups is 2. The maximum atomic E-state index is 9.88. The predicted octanol–water partition coefficient (Wildman–Crippen LogP) is 5.56. The van der Waals surface area contributed by atoms with Crippen LogP contribution in [0.15, 0.2) is 43.7 Å². The Hall–Kier alpha value is -0.720. The summed E-state index contributed by atoms with van der Waals surface area (Å²) >= 11 is 10.4. The topological polar surface area (TPSA) is 52.5 Å². The van der Waals surface area contributed by atoms with Crippen molar-refractivity contribution >= 4 is 53.5 Å². The smallest absolute Gasteiger partial charge is 0.121 e. The van der Waals surface area contributed by atoms with E-state index in [4.69, 9.17) is 0 Å². The second-order valence-corrected chi connectivity index (χ2v) is 6.98. The molecule has 2 aromatic rings. The molecule has 0 bridgehead atoms. The van der Waals surface area contributed by atoms with Gasteiger partial charge in [0.05, 0.1) is 11.7 Å². The lowest BCUT2D eigenvalue weighted by Crippen LogP contribution is -2.08. The molecule has 0 aliphatic rings. The number of benzene rings is 2. The van der Waals surface area contributed by atoms with Crippen LogP contribution < -0.4 is 5.32 Å². The quantitative estimate of drug-likeness (QED) is 0.520. The fourth-order valence-electron chi connectivity index (χ4n) is 1.86. The Morgan fingerprint density at radius 3 is 2.20 bits per heavy atom. The fourth-order valence-corrected chi connectivity index (χ4v) is 4.35. The molecule has 20 heavy (non-hydrogen) atoms. The zero-order valence-electron chi connectivity index (χ0n) is 10.5. The van der Waals surface area contributed by atoms with Crippen molar-refractivity contribution in [3.05, 3.63) is 49.3 Å². The number of phenolic OH excluding ortho intramolecular Hbond substituents is 2. The third-order valence-corrected chi connectivity index (χ3v) is 4.55. The highest BCUT2D eigenvalue weighted by atomic mass is 79.9. The van der Waals surface area contributed by atoms with Crippen molar-refractivity contribution in [2.75, 3.05) is 5.32 Å². The normalized spacial score (nSPS) is 12.2. The number of anilines is 1. The minimum atomic E-state index is -0.170. The average molecular weight is 466 g/mol. The van der Waals surface area contributed by atoms with Crippen LogP contribution in [0.4, 0.5) is 5.69 Å². The molecule has 0 spiro atoms. The summed E-state index contributed by atoms with van der Waals surface area (Å²) < 4.78 is 2.74. The molecule has 0 heterocycles. The second kappa shape index (κ2) is 6.37. The van der Waals surface area contributed by atoms with Crippen LogP contribution in [0.1, 0.15) is 18.5 Å². The van der Waals surface area contributed by atoms with E-state index in [2.05, 4.69) is 53.1 Å². The van der Waals surface area contributed by atoms with Crippen molar-refractivity contribution in [2.24, 2.45) is 0 Å². The van der Waals surface area contributed by atoms with Crippen LogP contribution in [0, 0.1) is 0 Å². The number of hydrogen-bond donors (Lipinski definition) is 3. The van der Waals surface area contributed by atoms with Gasteiger partial charge in [-0.15, -0.1) is 0 Å². The lowest BCUT2D eigenvalue weighted by atomic mass is 10.1. The van der Waals surface area contributed by atoms with Gasteiger partial charge in [0.15, 0.2) is 0 Å². The van der Waals surface area contributed by atoms with Gasteiger partial charge in [0.25, 0.3) is 0 Å². The molecule has 0 aliphatic heterocycles. The summed E-state index contributed by atoms with van der Waals surface area (Å²) in [4.78, 5) is 0. The van der Waals surface area contributed by atoms with Crippen LogP contribution in [-0.2, 0) is 0 Å². The minimum Gasteiger partial charge on any atom is -0.508 e. The van der Waals surface area contributed by atoms with Crippen molar-refractivity contribution < 1.29 is 10.2 Å². The van der Waals surface area contributed by atoms with Crippen LogP contribution in [0.25, 0.3) is 0 Å². The van der Waals surface area contributed by atoms with Gasteiger partial charge in [-0.05, 0) is 69.1 Å². The Morgan fingerprint density at radius 2 is 1.60 bits per heavy atom. The molecule has 1 atom stereocenters. The van der Waals surface area contributed by atoms with Crippen LogP contribution in [0.3, 0.4) is 0 Å². The molecule has 6 heteroatoms. The van der Waals surface area contributed by atoms with Gasteiger partial charge in [0.1, 0.15) is 11.5 Å². The maximum Gasteiger partial charge on any atom is 0.121 e. The summed E-state index contributed by atoms with van der Waals surface area (Å²) in [6.45, 7) is 1.91. The van der Waals surface area contributed by atoms with E-state index in [-0.39, 0.29) is 17.5 Å². The first kappa shape index (κ1) is 15.7. The summed E-state index contributed by atoms with van der Waals surface area (Å²) in [5.74, 6) is 0.271. The number of rotatable bonds is 3. The molecule has 0 saturated carbocycles. The van der Waals surface area contributed by atoms with E-state index in [0.717, 1.165) is 19.1 Å². The molecule has 0 radical (unpaired) electrons. The third kappa shape index (κ3) is 3.48. The van der Waals surface area contributed by atoms with Crippen LogP contribution in [0.5, 0.6) is 11.5 Å². The van der Waals surface area contributed by atoms with Crippen LogP contribution >= 0.6 is 47.8 Å². The molecule has 0 saturated heterocycles.